The van der Waals surface area contributed by atoms with E-state index < -0.39 is 0 Å². The van der Waals surface area contributed by atoms with Crippen LogP contribution in [0, 0.1) is 6.92 Å². The fourth-order valence-electron chi connectivity index (χ4n) is 2.55. The standard InChI is InChI=1S/C12H16ClN3O2/c1-9-14-10(13)6-11(15-9)16-3-5-18-12(7-16)2-4-17-8-12/h6H,2-5,7-8H2,1H3. The first-order valence-electron chi connectivity index (χ1n) is 6.15. The molecule has 0 radical (unpaired) electrons. The lowest BCUT2D eigenvalue weighted by Gasteiger charge is -2.40. The zero-order chi connectivity index (χ0) is 12.6. The molecule has 3 heterocycles. The van der Waals surface area contributed by atoms with E-state index in [2.05, 4.69) is 14.9 Å². The Bertz CT molecular complexity index is 429. The van der Waals surface area contributed by atoms with Gasteiger partial charge in [-0.1, -0.05) is 11.6 Å². The van der Waals surface area contributed by atoms with Gasteiger partial charge in [-0.2, -0.15) is 0 Å². The van der Waals surface area contributed by atoms with Crippen molar-refractivity contribution in [2.75, 3.05) is 37.8 Å². The maximum atomic E-state index is 5.99. The van der Waals surface area contributed by atoms with Gasteiger partial charge < -0.3 is 14.4 Å². The van der Waals surface area contributed by atoms with Gasteiger partial charge in [0.2, 0.25) is 0 Å². The van der Waals surface area contributed by atoms with Crippen molar-refractivity contribution in [1.29, 1.82) is 0 Å². The molecule has 2 aliphatic heterocycles. The minimum atomic E-state index is -0.163. The minimum absolute atomic E-state index is 0.163. The summed E-state index contributed by atoms with van der Waals surface area (Å²) >= 11 is 5.99. The number of rotatable bonds is 1. The second-order valence-electron chi connectivity index (χ2n) is 4.85. The van der Waals surface area contributed by atoms with Crippen molar-refractivity contribution in [3.8, 4) is 0 Å². The third-order valence-corrected chi connectivity index (χ3v) is 3.63. The maximum absolute atomic E-state index is 5.99. The Morgan fingerprint density at radius 1 is 1.39 bits per heavy atom. The number of aromatic nitrogens is 2. The Morgan fingerprint density at radius 2 is 2.28 bits per heavy atom. The van der Waals surface area contributed by atoms with Gasteiger partial charge >= 0.3 is 0 Å². The molecular weight excluding hydrogens is 254 g/mol. The van der Waals surface area contributed by atoms with Crippen molar-refractivity contribution in [3.05, 3.63) is 17.0 Å². The normalized spacial score (nSPS) is 28.0. The van der Waals surface area contributed by atoms with Crippen LogP contribution in [0.2, 0.25) is 5.15 Å². The largest absolute Gasteiger partial charge is 0.378 e. The Labute approximate surface area is 111 Å². The van der Waals surface area contributed by atoms with Crippen molar-refractivity contribution in [3.63, 3.8) is 0 Å². The first kappa shape index (κ1) is 12.1. The first-order chi connectivity index (χ1) is 8.67. The summed E-state index contributed by atoms with van der Waals surface area (Å²) < 4.78 is 11.4. The first-order valence-corrected chi connectivity index (χ1v) is 6.53. The fourth-order valence-corrected chi connectivity index (χ4v) is 2.77. The van der Waals surface area contributed by atoms with Gasteiger partial charge in [0.15, 0.2) is 0 Å². The lowest BCUT2D eigenvalue weighted by molar-refractivity contribution is -0.0581. The van der Waals surface area contributed by atoms with Crippen molar-refractivity contribution < 1.29 is 9.47 Å². The quantitative estimate of drug-likeness (QED) is 0.722. The van der Waals surface area contributed by atoms with Crippen LogP contribution < -0.4 is 4.90 Å². The van der Waals surface area contributed by atoms with Crippen molar-refractivity contribution in [1.82, 2.24) is 9.97 Å². The molecule has 1 atom stereocenters. The molecule has 0 aliphatic carbocycles. The smallest absolute Gasteiger partial charge is 0.134 e. The summed E-state index contributed by atoms with van der Waals surface area (Å²) in [5.74, 6) is 1.57. The summed E-state index contributed by atoms with van der Waals surface area (Å²) in [4.78, 5) is 10.7. The average molecular weight is 270 g/mol. The summed E-state index contributed by atoms with van der Waals surface area (Å²) in [6.07, 6.45) is 0.946. The molecule has 18 heavy (non-hydrogen) atoms. The summed E-state index contributed by atoms with van der Waals surface area (Å²) in [5, 5.41) is 0.487. The number of hydrogen-bond donors (Lipinski definition) is 0. The van der Waals surface area contributed by atoms with E-state index in [4.69, 9.17) is 21.1 Å². The molecule has 0 amide bonds. The highest BCUT2D eigenvalue weighted by molar-refractivity contribution is 6.29. The van der Waals surface area contributed by atoms with Gasteiger partial charge in [0.1, 0.15) is 22.4 Å². The van der Waals surface area contributed by atoms with Gasteiger partial charge in [0.05, 0.1) is 19.8 Å². The Hall–Kier alpha value is -0.910. The average Bonchev–Trinajstić information content (AvgIpc) is 2.76. The Kier molecular flexibility index (Phi) is 3.13. The Balaban J connectivity index is 1.83. The van der Waals surface area contributed by atoms with Crippen LogP contribution in [0.15, 0.2) is 6.07 Å². The number of nitrogens with zero attached hydrogens (tertiary/aromatic N) is 3. The molecule has 5 nitrogen and oxygen atoms in total. The highest BCUT2D eigenvalue weighted by Crippen LogP contribution is 2.29. The minimum Gasteiger partial charge on any atom is -0.378 e. The van der Waals surface area contributed by atoms with Gasteiger partial charge in [-0.05, 0) is 6.92 Å². The third kappa shape index (κ3) is 2.30. The number of hydrogen-bond acceptors (Lipinski definition) is 5. The monoisotopic (exact) mass is 269 g/mol. The van der Waals surface area contributed by atoms with E-state index >= 15 is 0 Å². The van der Waals surface area contributed by atoms with Crippen LogP contribution in [0.3, 0.4) is 0 Å². The van der Waals surface area contributed by atoms with Crippen LogP contribution >= 0.6 is 11.6 Å². The van der Waals surface area contributed by atoms with Crippen LogP contribution in [-0.2, 0) is 9.47 Å². The number of aryl methyl sites for hydroxylation is 1. The maximum Gasteiger partial charge on any atom is 0.134 e. The molecule has 1 aromatic rings. The molecule has 0 saturated carbocycles. The van der Waals surface area contributed by atoms with E-state index in [1.807, 2.05) is 13.0 Å². The molecule has 0 bridgehead atoms. The van der Waals surface area contributed by atoms with E-state index in [9.17, 15) is 0 Å². The molecule has 2 saturated heterocycles. The number of halogens is 1. The van der Waals surface area contributed by atoms with E-state index in [1.54, 1.807) is 0 Å². The zero-order valence-electron chi connectivity index (χ0n) is 10.4. The van der Waals surface area contributed by atoms with Crippen LogP contribution in [0.5, 0.6) is 0 Å². The highest BCUT2D eigenvalue weighted by Gasteiger charge is 2.40. The van der Waals surface area contributed by atoms with E-state index in [1.165, 1.54) is 0 Å². The molecule has 1 aromatic heterocycles. The van der Waals surface area contributed by atoms with E-state index in [0.29, 0.717) is 24.2 Å². The predicted octanol–water partition coefficient (Wildman–Crippen LogP) is 1.43. The van der Waals surface area contributed by atoms with Gasteiger partial charge in [0, 0.05) is 25.6 Å². The number of anilines is 1. The molecule has 0 aromatic carbocycles. The van der Waals surface area contributed by atoms with Crippen LogP contribution in [0.1, 0.15) is 12.2 Å². The summed E-state index contributed by atoms with van der Waals surface area (Å²) in [6.45, 7) is 5.63. The molecule has 1 unspecified atom stereocenters. The highest BCUT2D eigenvalue weighted by atomic mass is 35.5. The van der Waals surface area contributed by atoms with Crippen LogP contribution in [0.25, 0.3) is 0 Å². The van der Waals surface area contributed by atoms with Crippen LogP contribution in [0.4, 0.5) is 5.82 Å². The molecule has 3 rings (SSSR count). The predicted molar refractivity (Wildman–Crippen MR) is 68.1 cm³/mol. The number of morpholine rings is 1. The SMILES string of the molecule is Cc1nc(Cl)cc(N2CCOC3(CCOC3)C2)n1. The second kappa shape index (κ2) is 4.64. The van der Waals surface area contributed by atoms with Gasteiger partial charge in [-0.3, -0.25) is 0 Å². The molecule has 0 N–H and O–H groups in total. The van der Waals surface area contributed by atoms with Gasteiger partial charge in [-0.15, -0.1) is 0 Å². The van der Waals surface area contributed by atoms with Crippen molar-refractivity contribution >= 4 is 17.4 Å². The fraction of sp³-hybridized carbons (Fsp3) is 0.667. The van der Waals surface area contributed by atoms with Crippen LogP contribution in [-0.4, -0.2) is 48.5 Å². The molecule has 6 heteroatoms. The summed E-state index contributed by atoms with van der Waals surface area (Å²) in [6, 6.07) is 1.81. The molecule has 2 aliphatic rings. The molecular formula is C12H16ClN3O2. The van der Waals surface area contributed by atoms with Gasteiger partial charge in [0.25, 0.3) is 0 Å². The zero-order valence-corrected chi connectivity index (χ0v) is 11.1. The van der Waals surface area contributed by atoms with Gasteiger partial charge in [-0.25, -0.2) is 9.97 Å². The summed E-state index contributed by atoms with van der Waals surface area (Å²) in [7, 11) is 0. The van der Waals surface area contributed by atoms with E-state index in [-0.39, 0.29) is 5.60 Å². The summed E-state index contributed by atoms with van der Waals surface area (Å²) in [5.41, 5.74) is -0.163. The molecule has 98 valence electrons. The van der Waals surface area contributed by atoms with E-state index in [0.717, 1.165) is 31.9 Å². The molecule has 1 spiro atoms. The molecule has 2 fully saturated rings. The van der Waals surface area contributed by atoms with Crippen molar-refractivity contribution in [2.24, 2.45) is 0 Å². The topological polar surface area (TPSA) is 47.5 Å². The lowest BCUT2D eigenvalue weighted by atomic mass is 10.0. The third-order valence-electron chi connectivity index (χ3n) is 3.43. The lowest BCUT2D eigenvalue weighted by Crippen LogP contribution is -2.52. The Morgan fingerprint density at radius 3 is 3.00 bits per heavy atom. The second-order valence-corrected chi connectivity index (χ2v) is 5.24. The number of ether oxygens (including phenoxy) is 2. The van der Waals surface area contributed by atoms with Crippen molar-refractivity contribution in [2.45, 2.75) is 18.9 Å².